The first-order valence-corrected chi connectivity index (χ1v) is 14.0. The maximum Gasteiger partial charge on any atom is 0.230 e. The van der Waals surface area contributed by atoms with Crippen molar-refractivity contribution in [1.29, 1.82) is 0 Å². The Bertz CT molecular complexity index is 1130. The van der Waals surface area contributed by atoms with Crippen LogP contribution in [-0.2, 0) is 4.79 Å². The van der Waals surface area contributed by atoms with Crippen molar-refractivity contribution < 1.29 is 23.4 Å². The molecule has 1 heterocycles. The van der Waals surface area contributed by atoms with Gasteiger partial charge in [0, 0.05) is 43.0 Å². The molecule has 0 spiro atoms. The minimum atomic E-state index is -0.466. The Labute approximate surface area is 212 Å². The van der Waals surface area contributed by atoms with Gasteiger partial charge in [-0.1, -0.05) is 21.6 Å². The van der Waals surface area contributed by atoms with E-state index in [2.05, 4.69) is 15.6 Å². The Hall–Kier alpha value is -2.85. The van der Waals surface area contributed by atoms with Crippen molar-refractivity contribution in [3.63, 3.8) is 0 Å². The summed E-state index contributed by atoms with van der Waals surface area (Å²) in [4.78, 5) is 16.0. The van der Waals surface area contributed by atoms with E-state index in [0.717, 1.165) is 19.3 Å². The lowest BCUT2D eigenvalue weighted by Crippen LogP contribution is -2.25. The maximum atomic E-state index is 14.4. The van der Waals surface area contributed by atoms with Crippen LogP contribution >= 0.6 is 21.6 Å². The second-order valence-electron chi connectivity index (χ2n) is 7.51. The van der Waals surface area contributed by atoms with E-state index in [1.807, 2.05) is 6.26 Å². The highest BCUT2D eigenvalue weighted by Gasteiger charge is 2.14. The normalized spacial score (nSPS) is 10.7. The van der Waals surface area contributed by atoms with Crippen LogP contribution in [0.3, 0.4) is 0 Å². The van der Waals surface area contributed by atoms with Gasteiger partial charge in [0.2, 0.25) is 5.91 Å². The average Bonchev–Trinajstić information content (AvgIpc) is 2.87. The summed E-state index contributed by atoms with van der Waals surface area (Å²) in [5.74, 6) is 1.78. The summed E-state index contributed by atoms with van der Waals surface area (Å²) >= 11 is 0. The molecule has 2 aromatic carbocycles. The molecule has 0 atom stereocenters. The fourth-order valence-corrected chi connectivity index (χ4v) is 4.33. The van der Waals surface area contributed by atoms with Crippen LogP contribution in [0.4, 0.5) is 10.1 Å². The predicted octanol–water partition coefficient (Wildman–Crippen LogP) is 5.89. The summed E-state index contributed by atoms with van der Waals surface area (Å²) in [5, 5.41) is 6.50. The molecule has 0 fully saturated rings. The van der Waals surface area contributed by atoms with Gasteiger partial charge in [0.25, 0.3) is 0 Å². The van der Waals surface area contributed by atoms with Crippen LogP contribution in [0.15, 0.2) is 42.6 Å². The van der Waals surface area contributed by atoms with Crippen LogP contribution in [0, 0.1) is 5.82 Å². The minimum Gasteiger partial charge on any atom is -0.493 e. The number of hydrogen-bond donors (Lipinski definition) is 2. The Kier molecular flexibility index (Phi) is 10.6. The van der Waals surface area contributed by atoms with Gasteiger partial charge < -0.3 is 24.8 Å². The van der Waals surface area contributed by atoms with E-state index in [1.165, 1.54) is 16.9 Å². The zero-order chi connectivity index (χ0) is 25.0. The Morgan fingerprint density at radius 3 is 2.66 bits per heavy atom. The molecule has 188 valence electrons. The molecule has 0 bridgehead atoms. The fraction of sp³-hybridized carbons (Fsp3) is 0.360. The van der Waals surface area contributed by atoms with Gasteiger partial charge in [-0.05, 0) is 49.8 Å². The molecule has 0 aliphatic rings. The number of nitrogens with zero attached hydrogens (tertiary/aromatic N) is 1. The number of unbranched alkanes of at least 4 members (excludes halogenated alkanes) is 2. The molecule has 10 heteroatoms. The third-order valence-corrected chi connectivity index (χ3v) is 6.81. The van der Waals surface area contributed by atoms with Gasteiger partial charge in [-0.25, -0.2) is 4.39 Å². The van der Waals surface area contributed by atoms with Crippen LogP contribution in [0.2, 0.25) is 0 Å². The van der Waals surface area contributed by atoms with Crippen LogP contribution in [-0.4, -0.2) is 50.2 Å². The van der Waals surface area contributed by atoms with E-state index in [4.69, 9.17) is 14.2 Å². The lowest BCUT2D eigenvalue weighted by atomic mass is 10.1. The molecular weight excluding hydrogens is 489 g/mol. The van der Waals surface area contributed by atoms with Crippen molar-refractivity contribution >= 4 is 44.1 Å². The summed E-state index contributed by atoms with van der Waals surface area (Å²) in [5.41, 5.74) is 1.31. The first-order valence-electron chi connectivity index (χ1n) is 11.2. The highest BCUT2D eigenvalue weighted by atomic mass is 33.1. The van der Waals surface area contributed by atoms with Crippen molar-refractivity contribution in [2.24, 2.45) is 0 Å². The molecular formula is C25H30FN3O4S2. The number of carbonyl (C=O) groups excluding carboxylic acids is 1. The van der Waals surface area contributed by atoms with Crippen molar-refractivity contribution in [3.8, 4) is 23.0 Å². The molecule has 0 aliphatic heterocycles. The molecule has 2 N–H and O–H groups in total. The van der Waals surface area contributed by atoms with E-state index < -0.39 is 5.82 Å². The quantitative estimate of drug-likeness (QED) is 0.201. The second kappa shape index (κ2) is 13.9. The number of ether oxygens (including phenoxy) is 3. The molecule has 1 aromatic heterocycles. The van der Waals surface area contributed by atoms with E-state index in [1.54, 1.807) is 61.5 Å². The Balaban J connectivity index is 1.59. The van der Waals surface area contributed by atoms with E-state index in [9.17, 15) is 9.18 Å². The number of amides is 1. The summed E-state index contributed by atoms with van der Waals surface area (Å²) in [6.45, 7) is 1.18. The first-order chi connectivity index (χ1) is 17.0. The molecule has 0 saturated carbocycles. The average molecular weight is 520 g/mol. The number of fused-ring (bicyclic) bond motifs is 1. The highest BCUT2D eigenvalue weighted by molar-refractivity contribution is 8.76. The van der Waals surface area contributed by atoms with Gasteiger partial charge in [0.05, 0.1) is 25.0 Å². The summed E-state index contributed by atoms with van der Waals surface area (Å²) in [6.07, 6.45) is 6.23. The minimum absolute atomic E-state index is 0.0649. The number of benzene rings is 2. The van der Waals surface area contributed by atoms with Gasteiger partial charge in [0.1, 0.15) is 5.75 Å². The number of pyridine rings is 1. The van der Waals surface area contributed by atoms with Gasteiger partial charge in [0.15, 0.2) is 23.1 Å². The maximum absolute atomic E-state index is 14.4. The van der Waals surface area contributed by atoms with E-state index in [0.29, 0.717) is 52.7 Å². The summed E-state index contributed by atoms with van der Waals surface area (Å²) < 4.78 is 31.8. The monoisotopic (exact) mass is 519 g/mol. The largest absolute Gasteiger partial charge is 0.493 e. The van der Waals surface area contributed by atoms with Crippen molar-refractivity contribution in [1.82, 2.24) is 10.3 Å². The molecule has 35 heavy (non-hydrogen) atoms. The van der Waals surface area contributed by atoms with E-state index in [-0.39, 0.29) is 11.7 Å². The Morgan fingerprint density at radius 1 is 1.06 bits per heavy atom. The smallest absolute Gasteiger partial charge is 0.230 e. The number of hydrogen-bond acceptors (Lipinski definition) is 8. The van der Waals surface area contributed by atoms with Crippen LogP contribution in [0.5, 0.6) is 23.0 Å². The molecule has 0 aliphatic carbocycles. The molecule has 3 aromatic rings. The molecule has 7 nitrogen and oxygen atoms in total. The van der Waals surface area contributed by atoms with Crippen molar-refractivity contribution in [2.45, 2.75) is 19.3 Å². The first kappa shape index (κ1) is 26.7. The fourth-order valence-electron chi connectivity index (χ4n) is 3.32. The predicted molar refractivity (Wildman–Crippen MR) is 143 cm³/mol. The number of nitrogens with one attached hydrogen (secondary N) is 2. The van der Waals surface area contributed by atoms with Gasteiger partial charge in [-0.3, -0.25) is 9.78 Å². The lowest BCUT2D eigenvalue weighted by molar-refractivity contribution is -0.118. The van der Waals surface area contributed by atoms with E-state index >= 15 is 0 Å². The summed E-state index contributed by atoms with van der Waals surface area (Å²) in [6, 6.07) is 9.97. The molecule has 3 rings (SSSR count). The SMILES string of the molecule is CNc1ccc(Oc2ccnc3cc(OCCCCCNC(=O)CSSC)c(OC)cc23)c(F)c1. The number of halogens is 1. The number of rotatable bonds is 14. The third kappa shape index (κ3) is 7.83. The van der Waals surface area contributed by atoms with Crippen LogP contribution in [0.1, 0.15) is 19.3 Å². The molecule has 0 radical (unpaired) electrons. The molecule has 0 unspecified atom stereocenters. The zero-order valence-electron chi connectivity index (χ0n) is 20.1. The molecule has 0 saturated heterocycles. The van der Waals surface area contributed by atoms with Crippen molar-refractivity contribution in [2.75, 3.05) is 44.6 Å². The van der Waals surface area contributed by atoms with Crippen molar-refractivity contribution in [3.05, 3.63) is 48.4 Å². The summed E-state index contributed by atoms with van der Waals surface area (Å²) in [7, 11) is 6.41. The highest BCUT2D eigenvalue weighted by Crippen LogP contribution is 2.37. The number of carbonyl (C=O) groups is 1. The number of methoxy groups -OCH3 is 1. The van der Waals surface area contributed by atoms with Gasteiger partial charge in [-0.2, -0.15) is 0 Å². The number of aromatic nitrogens is 1. The second-order valence-corrected chi connectivity index (χ2v) is 10.1. The Morgan fingerprint density at radius 2 is 1.91 bits per heavy atom. The number of anilines is 1. The lowest BCUT2D eigenvalue weighted by Gasteiger charge is -2.14. The third-order valence-electron chi connectivity index (χ3n) is 5.14. The zero-order valence-corrected chi connectivity index (χ0v) is 21.7. The topological polar surface area (TPSA) is 81.7 Å². The van der Waals surface area contributed by atoms with Crippen LogP contribution in [0.25, 0.3) is 10.9 Å². The van der Waals surface area contributed by atoms with Crippen LogP contribution < -0.4 is 24.8 Å². The van der Waals surface area contributed by atoms with Gasteiger partial charge >= 0.3 is 0 Å². The van der Waals surface area contributed by atoms with Gasteiger partial charge in [-0.15, -0.1) is 0 Å². The standard InChI is InChI=1S/C25H30FN3O4S2/c1-27-17-7-8-22(19(26)13-17)33-21-9-11-28-20-15-24(23(31-2)14-18(20)21)32-12-6-4-5-10-29-25(30)16-35-34-3/h7-9,11,13-15,27H,4-6,10,12,16H2,1-3H3,(H,29,30). The molecule has 1 amide bonds.